The Hall–Kier alpha value is -2.69. The summed E-state index contributed by atoms with van der Waals surface area (Å²) in [5, 5.41) is 0. The summed E-state index contributed by atoms with van der Waals surface area (Å²) >= 11 is 0. The topological polar surface area (TPSA) is 67.9 Å². The molecule has 0 heterocycles. The van der Waals surface area contributed by atoms with E-state index < -0.39 is 10.0 Å². The van der Waals surface area contributed by atoms with Crippen molar-refractivity contribution in [3.8, 4) is 23.3 Å². The first-order valence-electron chi connectivity index (χ1n) is 7.86. The number of para-hydroxylation sites is 1. The zero-order chi connectivity index (χ0) is 19.2. The van der Waals surface area contributed by atoms with Gasteiger partial charge in [0.05, 0.1) is 31.3 Å². The molecule has 138 valence electrons. The largest absolute Gasteiger partial charge is 0.493 e. The highest BCUT2D eigenvalue weighted by molar-refractivity contribution is 7.89. The summed E-state index contributed by atoms with van der Waals surface area (Å²) in [7, 11) is 3.11. The van der Waals surface area contributed by atoms with Crippen LogP contribution in [0.2, 0.25) is 0 Å². The van der Waals surface area contributed by atoms with Crippen LogP contribution in [-0.2, 0) is 10.0 Å². The smallest absolute Gasteiger partial charge is 0.241 e. The zero-order valence-corrected chi connectivity index (χ0v) is 16.1. The van der Waals surface area contributed by atoms with Crippen LogP contribution in [-0.4, -0.2) is 43.3 Å². The van der Waals surface area contributed by atoms with E-state index in [4.69, 9.17) is 9.47 Å². The summed E-state index contributed by atoms with van der Waals surface area (Å²) in [5.41, 5.74) is 1.81. The van der Waals surface area contributed by atoms with Gasteiger partial charge in [-0.2, -0.15) is 4.72 Å². The van der Waals surface area contributed by atoms with Crippen molar-refractivity contribution in [1.29, 1.82) is 0 Å². The van der Waals surface area contributed by atoms with Crippen LogP contribution in [0.3, 0.4) is 0 Å². The Morgan fingerprint density at radius 3 is 2.38 bits per heavy atom. The van der Waals surface area contributed by atoms with Crippen molar-refractivity contribution in [3.63, 3.8) is 0 Å². The predicted molar refractivity (Wildman–Crippen MR) is 102 cm³/mol. The quantitative estimate of drug-likeness (QED) is 0.785. The Kier molecular flexibility index (Phi) is 6.50. The van der Waals surface area contributed by atoms with Gasteiger partial charge in [-0.05, 0) is 24.3 Å². The van der Waals surface area contributed by atoms with Crippen LogP contribution in [0.15, 0.2) is 47.4 Å². The minimum Gasteiger partial charge on any atom is -0.493 e. The van der Waals surface area contributed by atoms with Crippen LogP contribution in [0.4, 0.5) is 5.69 Å². The molecule has 0 unspecified atom stereocenters. The average molecular weight is 374 g/mol. The molecular formula is C19H22N2O4S. The predicted octanol–water partition coefficient (Wildman–Crippen LogP) is 2.10. The lowest BCUT2D eigenvalue weighted by atomic mass is 10.1. The number of hydrogen-bond acceptors (Lipinski definition) is 5. The van der Waals surface area contributed by atoms with Gasteiger partial charge >= 0.3 is 0 Å². The number of benzene rings is 2. The van der Waals surface area contributed by atoms with Gasteiger partial charge in [-0.3, -0.25) is 0 Å². The Morgan fingerprint density at radius 2 is 1.73 bits per heavy atom. The highest BCUT2D eigenvalue weighted by Gasteiger charge is 2.16. The minimum atomic E-state index is -3.70. The second-order valence-corrected chi connectivity index (χ2v) is 7.32. The van der Waals surface area contributed by atoms with Crippen LogP contribution in [0.5, 0.6) is 11.5 Å². The van der Waals surface area contributed by atoms with Gasteiger partial charge in [-0.15, -0.1) is 0 Å². The van der Waals surface area contributed by atoms with Gasteiger partial charge in [0.2, 0.25) is 10.0 Å². The fourth-order valence-corrected chi connectivity index (χ4v) is 3.25. The van der Waals surface area contributed by atoms with E-state index in [1.54, 1.807) is 6.07 Å². The van der Waals surface area contributed by atoms with Crippen LogP contribution < -0.4 is 19.1 Å². The van der Waals surface area contributed by atoms with Crippen molar-refractivity contribution in [2.24, 2.45) is 0 Å². The Labute approximate surface area is 154 Å². The first-order chi connectivity index (χ1) is 12.4. The van der Waals surface area contributed by atoms with Crippen molar-refractivity contribution in [2.75, 3.05) is 39.8 Å². The summed E-state index contributed by atoms with van der Waals surface area (Å²) in [5.74, 6) is 6.66. The number of ether oxygens (including phenoxy) is 2. The molecule has 0 radical (unpaired) electrons. The molecule has 0 saturated heterocycles. The summed E-state index contributed by atoms with van der Waals surface area (Å²) < 4.78 is 37.5. The summed E-state index contributed by atoms with van der Waals surface area (Å²) in [4.78, 5) is 2.04. The van der Waals surface area contributed by atoms with Gasteiger partial charge in [-0.1, -0.05) is 24.0 Å². The van der Waals surface area contributed by atoms with Gasteiger partial charge in [-0.25, -0.2) is 8.42 Å². The molecule has 6 nitrogen and oxygen atoms in total. The van der Waals surface area contributed by atoms with E-state index in [0.717, 1.165) is 11.3 Å². The molecule has 0 aromatic heterocycles. The summed E-state index contributed by atoms with van der Waals surface area (Å²) in [6.45, 7) is -0.00155. The third kappa shape index (κ3) is 4.69. The molecule has 0 amide bonds. The molecule has 0 aliphatic carbocycles. The van der Waals surface area contributed by atoms with E-state index in [1.807, 2.05) is 43.3 Å². The van der Waals surface area contributed by atoms with Crippen molar-refractivity contribution in [3.05, 3.63) is 48.0 Å². The number of hydrogen-bond donors (Lipinski definition) is 1. The van der Waals surface area contributed by atoms with E-state index >= 15 is 0 Å². The zero-order valence-electron chi connectivity index (χ0n) is 15.2. The van der Waals surface area contributed by atoms with Crippen molar-refractivity contribution < 1.29 is 17.9 Å². The first kappa shape index (κ1) is 19.6. The molecule has 0 aliphatic heterocycles. The number of nitrogens with one attached hydrogen (secondary N) is 1. The highest BCUT2D eigenvalue weighted by atomic mass is 32.2. The Balaban J connectivity index is 2.13. The molecule has 26 heavy (non-hydrogen) atoms. The molecule has 0 atom stereocenters. The molecule has 1 N–H and O–H groups in total. The number of sulfonamides is 1. The molecule has 0 bridgehead atoms. The monoisotopic (exact) mass is 374 g/mol. The van der Waals surface area contributed by atoms with E-state index in [9.17, 15) is 8.42 Å². The van der Waals surface area contributed by atoms with E-state index in [-0.39, 0.29) is 11.4 Å². The molecule has 0 fully saturated rings. The van der Waals surface area contributed by atoms with Crippen LogP contribution in [0.25, 0.3) is 0 Å². The van der Waals surface area contributed by atoms with E-state index in [1.165, 1.54) is 26.4 Å². The van der Waals surface area contributed by atoms with Gasteiger partial charge in [0, 0.05) is 25.7 Å². The van der Waals surface area contributed by atoms with Crippen LogP contribution in [0, 0.1) is 11.8 Å². The Bertz CT molecular complexity index is 928. The maximum absolute atomic E-state index is 12.4. The molecule has 0 aliphatic rings. The molecule has 0 spiro atoms. The Morgan fingerprint density at radius 1 is 1.04 bits per heavy atom. The second-order valence-electron chi connectivity index (χ2n) is 5.55. The molecular weight excluding hydrogens is 352 g/mol. The number of nitrogens with zero attached hydrogens (tertiary/aromatic N) is 1. The summed E-state index contributed by atoms with van der Waals surface area (Å²) in [6.07, 6.45) is 0. The van der Waals surface area contributed by atoms with Crippen molar-refractivity contribution in [1.82, 2.24) is 4.72 Å². The lowest BCUT2D eigenvalue weighted by Gasteiger charge is -2.13. The van der Waals surface area contributed by atoms with Crippen LogP contribution in [0.1, 0.15) is 5.56 Å². The normalized spacial score (nSPS) is 10.6. The second kappa shape index (κ2) is 8.61. The third-order valence-corrected chi connectivity index (χ3v) is 5.02. The fraction of sp³-hybridized carbons (Fsp3) is 0.263. The maximum Gasteiger partial charge on any atom is 0.241 e. The molecule has 0 saturated carbocycles. The van der Waals surface area contributed by atoms with Crippen LogP contribution >= 0.6 is 0 Å². The lowest BCUT2D eigenvalue weighted by Crippen LogP contribution is -2.24. The van der Waals surface area contributed by atoms with E-state index in [0.29, 0.717) is 11.5 Å². The molecule has 2 aromatic carbocycles. The van der Waals surface area contributed by atoms with E-state index in [2.05, 4.69) is 16.6 Å². The third-order valence-electron chi connectivity index (χ3n) is 3.62. The number of anilines is 1. The fourth-order valence-electron chi connectivity index (χ4n) is 2.31. The first-order valence-corrected chi connectivity index (χ1v) is 9.34. The number of rotatable bonds is 6. The minimum absolute atomic E-state index is 0.00155. The standard InChI is InChI=1S/C19H22N2O4S/c1-21(2)17-10-6-5-8-15(17)9-7-13-20-26(22,23)16-11-12-18(24-3)19(14-16)25-4/h5-6,8,10-12,14,20H,13H2,1-4H3. The summed E-state index contributed by atoms with van der Waals surface area (Å²) in [6, 6.07) is 12.1. The highest BCUT2D eigenvalue weighted by Crippen LogP contribution is 2.29. The maximum atomic E-state index is 12.4. The van der Waals surface area contributed by atoms with Gasteiger partial charge in [0.15, 0.2) is 11.5 Å². The average Bonchev–Trinajstić information content (AvgIpc) is 2.64. The SMILES string of the molecule is COc1ccc(S(=O)(=O)NCC#Cc2ccccc2N(C)C)cc1OC. The van der Waals surface area contributed by atoms with Gasteiger partial charge < -0.3 is 14.4 Å². The van der Waals surface area contributed by atoms with Crippen molar-refractivity contribution in [2.45, 2.75) is 4.90 Å². The lowest BCUT2D eigenvalue weighted by molar-refractivity contribution is 0.354. The number of methoxy groups -OCH3 is 2. The van der Waals surface area contributed by atoms with Crippen molar-refractivity contribution >= 4 is 15.7 Å². The molecule has 7 heteroatoms. The van der Waals surface area contributed by atoms with Gasteiger partial charge in [0.25, 0.3) is 0 Å². The molecule has 2 rings (SSSR count). The molecule has 2 aromatic rings. The van der Waals surface area contributed by atoms with Gasteiger partial charge in [0.1, 0.15) is 0 Å².